The molecule has 0 fully saturated rings. The summed E-state index contributed by atoms with van der Waals surface area (Å²) < 4.78 is 5.23. The zero-order chi connectivity index (χ0) is 26.1. The Morgan fingerprint density at radius 2 is 1.56 bits per heavy atom. The molecule has 0 spiro atoms. The minimum atomic E-state index is -0.750. The van der Waals surface area contributed by atoms with Gasteiger partial charge in [0.25, 0.3) is 0 Å². The predicted octanol–water partition coefficient (Wildman–Crippen LogP) is 6.10. The van der Waals surface area contributed by atoms with Crippen LogP contribution in [0.4, 0.5) is 0 Å². The molecule has 5 nitrogen and oxygen atoms in total. The molecule has 0 bridgehead atoms. The van der Waals surface area contributed by atoms with Gasteiger partial charge in [0.1, 0.15) is 11.8 Å². The molecule has 0 saturated heterocycles. The molecule has 2 atom stereocenters. The number of ether oxygens (including phenoxy) is 1. The Kier molecular flexibility index (Phi) is 10.2. The van der Waals surface area contributed by atoms with Crippen molar-refractivity contribution >= 4 is 35.0 Å². The molecule has 2 amide bonds. The molecule has 0 radical (unpaired) electrons. The lowest BCUT2D eigenvalue weighted by Crippen LogP contribution is -2.52. The van der Waals surface area contributed by atoms with Crippen LogP contribution in [0, 0.1) is 0 Å². The van der Waals surface area contributed by atoms with E-state index in [9.17, 15) is 9.59 Å². The smallest absolute Gasteiger partial charge is 0.243 e. The topological polar surface area (TPSA) is 58.6 Å². The summed E-state index contributed by atoms with van der Waals surface area (Å²) in [6, 6.07) is 21.5. The Morgan fingerprint density at radius 3 is 2.14 bits per heavy atom. The molecule has 0 aliphatic carbocycles. The van der Waals surface area contributed by atoms with Crippen molar-refractivity contribution in [2.75, 3.05) is 7.11 Å². The van der Waals surface area contributed by atoms with Gasteiger partial charge in [0.05, 0.1) is 13.5 Å². The van der Waals surface area contributed by atoms with E-state index in [4.69, 9.17) is 27.9 Å². The van der Waals surface area contributed by atoms with Gasteiger partial charge < -0.3 is 15.0 Å². The highest BCUT2D eigenvalue weighted by atomic mass is 35.5. The lowest BCUT2D eigenvalue weighted by atomic mass is 10.0. The first-order valence-electron chi connectivity index (χ1n) is 12.0. The number of carbonyl (C=O) groups is 2. The fourth-order valence-corrected chi connectivity index (χ4v) is 4.39. The number of rotatable bonds is 11. The SMILES string of the molecule is CC[C@@H](C)NC(=O)[C@@H](Cc1ccccc1)N(Cc1c(Cl)cccc1Cl)C(=O)Cc1ccc(OC)cc1. The monoisotopic (exact) mass is 526 g/mol. The van der Waals surface area contributed by atoms with Crippen LogP contribution in [-0.4, -0.2) is 35.9 Å². The second-order valence-electron chi connectivity index (χ2n) is 8.77. The third-order valence-electron chi connectivity index (χ3n) is 6.18. The van der Waals surface area contributed by atoms with Crippen LogP contribution in [0.15, 0.2) is 72.8 Å². The number of carbonyl (C=O) groups excluding carboxylic acids is 2. The summed E-state index contributed by atoms with van der Waals surface area (Å²) >= 11 is 13.0. The van der Waals surface area contributed by atoms with Crippen molar-refractivity contribution in [1.29, 1.82) is 0 Å². The maximum absolute atomic E-state index is 13.8. The normalized spacial score (nSPS) is 12.5. The van der Waals surface area contributed by atoms with Crippen molar-refractivity contribution in [2.45, 2.75) is 51.7 Å². The average molecular weight is 527 g/mol. The number of hydrogen-bond acceptors (Lipinski definition) is 3. The fourth-order valence-electron chi connectivity index (χ4n) is 3.87. The van der Waals surface area contributed by atoms with Gasteiger partial charge in [0, 0.05) is 34.6 Å². The molecule has 0 aromatic heterocycles. The first kappa shape index (κ1) is 27.6. The zero-order valence-corrected chi connectivity index (χ0v) is 22.4. The molecule has 0 aliphatic rings. The molecule has 0 heterocycles. The number of nitrogens with one attached hydrogen (secondary N) is 1. The first-order valence-corrected chi connectivity index (χ1v) is 12.8. The zero-order valence-electron chi connectivity index (χ0n) is 20.8. The number of hydrogen-bond donors (Lipinski definition) is 1. The Morgan fingerprint density at radius 1 is 0.917 bits per heavy atom. The van der Waals surface area contributed by atoms with Crippen LogP contribution in [0.25, 0.3) is 0 Å². The van der Waals surface area contributed by atoms with Crippen molar-refractivity contribution in [3.8, 4) is 5.75 Å². The van der Waals surface area contributed by atoms with Gasteiger partial charge >= 0.3 is 0 Å². The van der Waals surface area contributed by atoms with Gasteiger partial charge in [-0.3, -0.25) is 9.59 Å². The van der Waals surface area contributed by atoms with Crippen LogP contribution < -0.4 is 10.1 Å². The lowest BCUT2D eigenvalue weighted by Gasteiger charge is -2.33. The summed E-state index contributed by atoms with van der Waals surface area (Å²) in [6.45, 7) is 4.07. The van der Waals surface area contributed by atoms with Gasteiger partial charge in [-0.15, -0.1) is 0 Å². The molecule has 0 unspecified atom stereocenters. The molecule has 3 rings (SSSR count). The molecule has 36 heavy (non-hydrogen) atoms. The average Bonchev–Trinajstić information content (AvgIpc) is 2.88. The molecular formula is C29H32Cl2N2O3. The van der Waals surface area contributed by atoms with Crippen molar-refractivity contribution in [2.24, 2.45) is 0 Å². The third kappa shape index (κ3) is 7.49. The molecule has 7 heteroatoms. The number of nitrogens with zero attached hydrogens (tertiary/aromatic N) is 1. The molecule has 3 aromatic rings. The van der Waals surface area contributed by atoms with E-state index in [2.05, 4.69) is 5.32 Å². The van der Waals surface area contributed by atoms with Crippen molar-refractivity contribution < 1.29 is 14.3 Å². The van der Waals surface area contributed by atoms with Crippen LogP contribution in [0.2, 0.25) is 10.0 Å². The van der Waals surface area contributed by atoms with Crippen molar-refractivity contribution in [3.63, 3.8) is 0 Å². The van der Waals surface area contributed by atoms with E-state index in [-0.39, 0.29) is 30.8 Å². The minimum Gasteiger partial charge on any atom is -0.497 e. The van der Waals surface area contributed by atoms with Gasteiger partial charge in [0.2, 0.25) is 11.8 Å². The standard InChI is InChI=1S/C29H32Cl2N2O3/c1-4-20(2)32-29(35)27(17-21-9-6-5-7-10-21)33(19-24-25(30)11-8-12-26(24)31)28(34)18-22-13-15-23(36-3)16-14-22/h5-16,20,27H,4,17-19H2,1-3H3,(H,32,35)/t20-,27-/m1/s1. The number of methoxy groups -OCH3 is 1. The van der Waals surface area contributed by atoms with Gasteiger partial charge in [0.15, 0.2) is 0 Å². The minimum absolute atomic E-state index is 0.0294. The lowest BCUT2D eigenvalue weighted by molar-refractivity contribution is -0.141. The molecule has 190 valence electrons. The first-order chi connectivity index (χ1) is 17.3. The highest BCUT2D eigenvalue weighted by Gasteiger charge is 2.31. The second kappa shape index (κ2) is 13.3. The van der Waals surface area contributed by atoms with E-state index >= 15 is 0 Å². The summed E-state index contributed by atoms with van der Waals surface area (Å²) in [7, 11) is 1.60. The number of amides is 2. The Balaban J connectivity index is 2.00. The maximum Gasteiger partial charge on any atom is 0.243 e. The molecular weight excluding hydrogens is 495 g/mol. The van der Waals surface area contributed by atoms with E-state index in [1.54, 1.807) is 30.2 Å². The van der Waals surface area contributed by atoms with E-state index < -0.39 is 6.04 Å². The summed E-state index contributed by atoms with van der Waals surface area (Å²) in [5.41, 5.74) is 2.38. The van der Waals surface area contributed by atoms with Crippen LogP contribution in [-0.2, 0) is 29.0 Å². The molecule has 3 aromatic carbocycles. The van der Waals surface area contributed by atoms with E-state index in [1.165, 1.54) is 0 Å². The predicted molar refractivity (Wildman–Crippen MR) is 146 cm³/mol. The highest BCUT2D eigenvalue weighted by Crippen LogP contribution is 2.28. The molecule has 0 aliphatic heterocycles. The Hall–Kier alpha value is -3.02. The summed E-state index contributed by atoms with van der Waals surface area (Å²) in [6.07, 6.45) is 1.26. The quantitative estimate of drug-likeness (QED) is 0.328. The van der Waals surface area contributed by atoms with Crippen LogP contribution in [0.1, 0.15) is 37.0 Å². The maximum atomic E-state index is 13.8. The van der Waals surface area contributed by atoms with Crippen LogP contribution in [0.5, 0.6) is 5.75 Å². The largest absolute Gasteiger partial charge is 0.497 e. The third-order valence-corrected chi connectivity index (χ3v) is 6.88. The number of benzene rings is 3. The second-order valence-corrected chi connectivity index (χ2v) is 9.58. The van der Waals surface area contributed by atoms with Crippen LogP contribution >= 0.6 is 23.2 Å². The Bertz CT molecular complexity index is 1130. The van der Waals surface area contributed by atoms with Crippen LogP contribution in [0.3, 0.4) is 0 Å². The van der Waals surface area contributed by atoms with Gasteiger partial charge in [-0.05, 0) is 48.7 Å². The van der Waals surface area contributed by atoms with E-state index in [1.807, 2.05) is 68.4 Å². The number of halogens is 2. The highest BCUT2D eigenvalue weighted by molar-refractivity contribution is 6.36. The van der Waals surface area contributed by atoms with E-state index in [0.717, 1.165) is 17.5 Å². The molecule has 0 saturated carbocycles. The van der Waals surface area contributed by atoms with Crippen molar-refractivity contribution in [3.05, 3.63) is 99.5 Å². The van der Waals surface area contributed by atoms with Crippen molar-refractivity contribution in [1.82, 2.24) is 10.2 Å². The molecule has 1 N–H and O–H groups in total. The van der Waals surface area contributed by atoms with Gasteiger partial charge in [-0.25, -0.2) is 0 Å². The Labute approximate surface area is 223 Å². The van der Waals surface area contributed by atoms with Gasteiger partial charge in [-0.1, -0.05) is 78.7 Å². The van der Waals surface area contributed by atoms with Gasteiger partial charge in [-0.2, -0.15) is 0 Å². The van der Waals surface area contributed by atoms with E-state index in [0.29, 0.717) is 27.8 Å². The summed E-state index contributed by atoms with van der Waals surface area (Å²) in [5.74, 6) is 0.302. The summed E-state index contributed by atoms with van der Waals surface area (Å²) in [5, 5.41) is 3.96. The fraction of sp³-hybridized carbons (Fsp3) is 0.310. The summed E-state index contributed by atoms with van der Waals surface area (Å²) in [4.78, 5) is 29.0.